The molecule has 0 saturated heterocycles. The number of hydrazine groups is 1. The molecule has 0 aliphatic rings. The molecule has 1 N–H and O–H groups in total. The van der Waals surface area contributed by atoms with E-state index in [2.05, 4.69) is 0 Å². The second-order valence-electron chi connectivity index (χ2n) is 2.85. The van der Waals surface area contributed by atoms with E-state index in [1.165, 1.54) is 5.43 Å². The van der Waals surface area contributed by atoms with Crippen LogP contribution in [-0.4, -0.2) is 9.96 Å². The second-order valence-corrected chi connectivity index (χ2v) is 2.85. The lowest BCUT2D eigenvalue weighted by molar-refractivity contribution is -0.445. The monoisotopic (exact) mass is 251 g/mol. The third kappa shape index (κ3) is 3.03. The summed E-state index contributed by atoms with van der Waals surface area (Å²) in [5, 5.41) is 19.2. The average molecular weight is 251 g/mol. The van der Waals surface area contributed by atoms with Gasteiger partial charge in [-0.1, -0.05) is 0 Å². The first kappa shape index (κ1) is 12.7. The normalized spacial score (nSPS) is 11.0. The second kappa shape index (κ2) is 4.23. The number of halogens is 3. The highest BCUT2D eigenvalue weighted by Gasteiger charge is 2.36. The fourth-order valence-electron chi connectivity index (χ4n) is 1.08. The van der Waals surface area contributed by atoms with Crippen LogP contribution in [0.1, 0.15) is 5.56 Å². The van der Waals surface area contributed by atoms with E-state index in [4.69, 9.17) is 0 Å². The molecule has 0 spiro atoms. The molecule has 0 aromatic heterocycles. The van der Waals surface area contributed by atoms with E-state index in [1.54, 1.807) is 0 Å². The molecule has 0 heterocycles. The quantitative estimate of drug-likeness (QED) is 0.655. The Labute approximate surface area is 91.1 Å². The predicted octanol–water partition coefficient (Wildman–Crippen LogP) is 2.22. The number of nitro groups is 2. The summed E-state index contributed by atoms with van der Waals surface area (Å²) >= 11 is 0. The Morgan fingerprint density at radius 1 is 1.18 bits per heavy atom. The maximum absolute atomic E-state index is 12.5. The summed E-state index contributed by atoms with van der Waals surface area (Å²) in [6, 6.07) is 1.59. The molecule has 92 valence electrons. The Morgan fingerprint density at radius 2 is 1.76 bits per heavy atom. The number of alkyl halides is 3. The summed E-state index contributed by atoms with van der Waals surface area (Å²) in [5.74, 6) is 0. The number of nitro benzene ring substituents is 1. The van der Waals surface area contributed by atoms with E-state index in [9.17, 15) is 33.4 Å². The molecule has 0 unspecified atom stereocenters. The number of rotatable bonds is 3. The van der Waals surface area contributed by atoms with E-state index in [0.29, 0.717) is 6.07 Å². The van der Waals surface area contributed by atoms with Crippen LogP contribution in [-0.2, 0) is 6.18 Å². The van der Waals surface area contributed by atoms with Gasteiger partial charge >= 0.3 is 6.18 Å². The van der Waals surface area contributed by atoms with Crippen molar-refractivity contribution in [2.45, 2.75) is 6.18 Å². The Balaban J connectivity index is 3.31. The zero-order chi connectivity index (χ0) is 13.2. The van der Waals surface area contributed by atoms with Gasteiger partial charge in [-0.15, -0.1) is 5.43 Å². The van der Waals surface area contributed by atoms with Crippen molar-refractivity contribution in [1.82, 2.24) is 0 Å². The molecule has 0 atom stereocenters. The van der Waals surface area contributed by atoms with E-state index in [0.717, 1.165) is 6.07 Å². The summed E-state index contributed by atoms with van der Waals surface area (Å²) in [5.41, 5.74) is -1.80. The first-order valence-corrected chi connectivity index (χ1v) is 3.98. The summed E-state index contributed by atoms with van der Waals surface area (Å²) in [7, 11) is 0. The van der Waals surface area contributed by atoms with E-state index in [-0.39, 0.29) is 6.07 Å². The number of anilines is 1. The number of non-ortho nitro benzene ring substituents is 1. The van der Waals surface area contributed by atoms with Crippen LogP contribution < -0.4 is 5.43 Å². The lowest BCUT2D eigenvalue weighted by Gasteiger charge is -2.09. The Kier molecular flexibility index (Phi) is 3.16. The van der Waals surface area contributed by atoms with Crippen molar-refractivity contribution in [2.75, 3.05) is 5.43 Å². The predicted molar refractivity (Wildman–Crippen MR) is 48.7 cm³/mol. The third-order valence-corrected chi connectivity index (χ3v) is 1.73. The van der Waals surface area contributed by atoms with Gasteiger partial charge in [0.2, 0.25) is 0 Å². The highest BCUT2D eigenvalue weighted by atomic mass is 19.4. The van der Waals surface area contributed by atoms with E-state index < -0.39 is 33.1 Å². The van der Waals surface area contributed by atoms with Gasteiger partial charge in [0.25, 0.3) is 5.69 Å². The summed E-state index contributed by atoms with van der Waals surface area (Å²) < 4.78 is 37.4. The van der Waals surface area contributed by atoms with Crippen LogP contribution in [0.2, 0.25) is 0 Å². The molecular weight excluding hydrogens is 247 g/mol. The van der Waals surface area contributed by atoms with Gasteiger partial charge in [0.1, 0.15) is 5.69 Å². The van der Waals surface area contributed by atoms with Crippen molar-refractivity contribution in [2.24, 2.45) is 0 Å². The highest BCUT2D eigenvalue weighted by Crippen LogP contribution is 2.36. The molecule has 1 aromatic carbocycles. The number of hydrogen-bond donors (Lipinski definition) is 1. The molecule has 0 aliphatic carbocycles. The zero-order valence-corrected chi connectivity index (χ0v) is 7.89. The Hall–Kier alpha value is -2.39. The number of nitrogens with zero attached hydrogens (tertiary/aromatic N) is 2. The maximum Gasteiger partial charge on any atom is 0.418 e. The van der Waals surface area contributed by atoms with Crippen molar-refractivity contribution in [3.05, 3.63) is 44.0 Å². The number of nitrogens with one attached hydrogen (secondary N) is 1. The SMILES string of the molecule is O=[N+]([O-])Nc1ccc([N+](=O)[O-])cc1C(F)(F)F. The standard InChI is InChI=1S/C7H4F3N3O4/c8-7(9,10)5-3-4(12(14)15)1-2-6(5)11-13(16)17/h1-3,11H. The highest BCUT2D eigenvalue weighted by molar-refractivity contribution is 5.56. The fraction of sp³-hybridized carbons (Fsp3) is 0.143. The zero-order valence-electron chi connectivity index (χ0n) is 7.89. The van der Waals surface area contributed by atoms with Gasteiger partial charge in [0, 0.05) is 12.1 Å². The Bertz CT molecular complexity index is 474. The molecule has 0 saturated carbocycles. The van der Waals surface area contributed by atoms with Crippen LogP contribution in [0.5, 0.6) is 0 Å². The van der Waals surface area contributed by atoms with Crippen molar-refractivity contribution < 1.29 is 23.1 Å². The Morgan fingerprint density at radius 3 is 2.18 bits per heavy atom. The van der Waals surface area contributed by atoms with Crippen LogP contribution in [0, 0.1) is 20.2 Å². The number of benzene rings is 1. The summed E-state index contributed by atoms with van der Waals surface area (Å²) in [4.78, 5) is 19.3. The van der Waals surface area contributed by atoms with Gasteiger partial charge in [-0.3, -0.25) is 10.1 Å². The average Bonchev–Trinajstić information content (AvgIpc) is 2.15. The molecular formula is C7H4F3N3O4. The van der Waals surface area contributed by atoms with E-state index in [1.807, 2.05) is 0 Å². The molecule has 0 amide bonds. The summed E-state index contributed by atoms with van der Waals surface area (Å²) in [6.45, 7) is 0. The van der Waals surface area contributed by atoms with Gasteiger partial charge in [-0.05, 0) is 6.07 Å². The van der Waals surface area contributed by atoms with Gasteiger partial charge < -0.3 is 0 Å². The fourth-order valence-corrected chi connectivity index (χ4v) is 1.08. The molecule has 0 bridgehead atoms. The molecule has 7 nitrogen and oxygen atoms in total. The van der Waals surface area contributed by atoms with Crippen molar-refractivity contribution in [3.8, 4) is 0 Å². The molecule has 0 radical (unpaired) electrons. The lowest BCUT2D eigenvalue weighted by Crippen LogP contribution is -2.15. The van der Waals surface area contributed by atoms with Crippen LogP contribution in [0.4, 0.5) is 24.5 Å². The smallest absolute Gasteiger partial charge is 0.258 e. The van der Waals surface area contributed by atoms with Gasteiger partial charge in [0.15, 0.2) is 5.03 Å². The minimum Gasteiger partial charge on any atom is -0.258 e. The van der Waals surface area contributed by atoms with Crippen molar-refractivity contribution in [1.29, 1.82) is 0 Å². The topological polar surface area (TPSA) is 98.3 Å². The minimum absolute atomic E-state index is 0.228. The van der Waals surface area contributed by atoms with Crippen LogP contribution >= 0.6 is 0 Å². The first-order valence-electron chi connectivity index (χ1n) is 3.98. The molecule has 0 aliphatic heterocycles. The van der Waals surface area contributed by atoms with Crippen molar-refractivity contribution in [3.63, 3.8) is 0 Å². The first-order chi connectivity index (χ1) is 7.71. The van der Waals surface area contributed by atoms with Crippen LogP contribution in [0.3, 0.4) is 0 Å². The van der Waals surface area contributed by atoms with Crippen molar-refractivity contribution >= 4 is 11.4 Å². The third-order valence-electron chi connectivity index (χ3n) is 1.73. The lowest BCUT2D eigenvalue weighted by atomic mass is 10.1. The van der Waals surface area contributed by atoms with Gasteiger partial charge in [-0.2, -0.15) is 13.2 Å². The molecule has 17 heavy (non-hydrogen) atoms. The maximum atomic E-state index is 12.5. The minimum atomic E-state index is -4.93. The van der Waals surface area contributed by atoms with Gasteiger partial charge in [0.05, 0.1) is 10.5 Å². The summed E-state index contributed by atoms with van der Waals surface area (Å²) in [6.07, 6.45) is -4.93. The van der Waals surface area contributed by atoms with E-state index >= 15 is 0 Å². The van der Waals surface area contributed by atoms with Crippen LogP contribution in [0.25, 0.3) is 0 Å². The van der Waals surface area contributed by atoms with Crippen LogP contribution in [0.15, 0.2) is 18.2 Å². The number of hydrogen-bond acceptors (Lipinski definition) is 4. The molecule has 1 aromatic rings. The molecule has 1 rings (SSSR count). The van der Waals surface area contributed by atoms with Gasteiger partial charge in [-0.25, -0.2) is 10.1 Å². The largest absolute Gasteiger partial charge is 0.418 e. The molecule has 10 heteroatoms. The molecule has 0 fully saturated rings.